The van der Waals surface area contributed by atoms with Gasteiger partial charge in [0.25, 0.3) is 0 Å². The maximum Gasteiger partial charge on any atom is 0.318 e. The molecular formula is C15H14O3. The Balaban J connectivity index is 2.58. The van der Waals surface area contributed by atoms with Gasteiger partial charge in [-0.15, -0.1) is 0 Å². The second-order valence-electron chi connectivity index (χ2n) is 4.34. The molecule has 0 radical (unpaired) electrons. The highest BCUT2D eigenvalue weighted by Crippen LogP contribution is 2.33. The van der Waals surface area contributed by atoms with Crippen molar-refractivity contribution in [3.05, 3.63) is 65.7 Å². The van der Waals surface area contributed by atoms with Crippen LogP contribution in [0.1, 0.15) is 18.1 Å². The molecule has 0 heterocycles. The molecule has 0 saturated heterocycles. The molecule has 3 nitrogen and oxygen atoms in total. The number of aromatic hydroxyl groups is 1. The van der Waals surface area contributed by atoms with Crippen LogP contribution in [0, 0.1) is 0 Å². The van der Waals surface area contributed by atoms with Crippen molar-refractivity contribution < 1.29 is 15.0 Å². The summed E-state index contributed by atoms with van der Waals surface area (Å²) in [5, 5.41) is 18.8. The number of carbonyl (C=O) groups is 1. The van der Waals surface area contributed by atoms with Crippen LogP contribution in [0.5, 0.6) is 5.75 Å². The van der Waals surface area contributed by atoms with Crippen molar-refractivity contribution >= 4 is 5.97 Å². The van der Waals surface area contributed by atoms with Crippen molar-refractivity contribution in [2.45, 2.75) is 12.3 Å². The Kier molecular flexibility index (Phi) is 3.06. The fraction of sp³-hybridized carbons (Fsp3) is 0.133. The Labute approximate surface area is 105 Å². The van der Waals surface area contributed by atoms with Crippen LogP contribution >= 0.6 is 0 Å². The molecule has 0 amide bonds. The van der Waals surface area contributed by atoms with Gasteiger partial charge in [-0.05, 0) is 30.2 Å². The summed E-state index contributed by atoms with van der Waals surface area (Å²) in [5.41, 5.74) is 0.233. The molecule has 0 unspecified atom stereocenters. The lowest BCUT2D eigenvalue weighted by Crippen LogP contribution is -2.33. The van der Waals surface area contributed by atoms with Crippen LogP contribution in [0.25, 0.3) is 0 Å². The molecule has 0 spiro atoms. The minimum atomic E-state index is -1.12. The van der Waals surface area contributed by atoms with Gasteiger partial charge in [-0.3, -0.25) is 4.79 Å². The minimum Gasteiger partial charge on any atom is -0.508 e. The van der Waals surface area contributed by atoms with E-state index in [2.05, 4.69) is 0 Å². The van der Waals surface area contributed by atoms with E-state index in [9.17, 15) is 15.0 Å². The monoisotopic (exact) mass is 242 g/mol. The summed E-state index contributed by atoms with van der Waals surface area (Å²) < 4.78 is 0. The molecular weight excluding hydrogens is 228 g/mol. The molecule has 0 aliphatic heterocycles. The summed E-state index contributed by atoms with van der Waals surface area (Å²) in [7, 11) is 0. The van der Waals surface area contributed by atoms with Gasteiger partial charge in [0.15, 0.2) is 0 Å². The molecule has 0 aliphatic carbocycles. The smallest absolute Gasteiger partial charge is 0.318 e. The van der Waals surface area contributed by atoms with Crippen LogP contribution in [0.3, 0.4) is 0 Å². The third-order valence-electron chi connectivity index (χ3n) is 3.22. The Morgan fingerprint density at radius 1 is 0.944 bits per heavy atom. The van der Waals surface area contributed by atoms with Crippen LogP contribution in [0.15, 0.2) is 54.6 Å². The first kappa shape index (κ1) is 12.2. The van der Waals surface area contributed by atoms with Crippen LogP contribution in [-0.4, -0.2) is 16.2 Å². The Morgan fingerprint density at radius 2 is 1.44 bits per heavy atom. The summed E-state index contributed by atoms with van der Waals surface area (Å²) in [5.74, 6) is -0.793. The van der Waals surface area contributed by atoms with E-state index in [1.54, 1.807) is 31.2 Å². The number of aliphatic carboxylic acids is 1. The summed E-state index contributed by atoms with van der Waals surface area (Å²) >= 11 is 0. The van der Waals surface area contributed by atoms with Gasteiger partial charge in [0.05, 0.1) is 0 Å². The molecule has 2 aromatic carbocycles. The van der Waals surface area contributed by atoms with Gasteiger partial charge in [-0.1, -0.05) is 42.5 Å². The average molecular weight is 242 g/mol. The second-order valence-corrected chi connectivity index (χ2v) is 4.34. The Morgan fingerprint density at radius 3 is 1.94 bits per heavy atom. The van der Waals surface area contributed by atoms with E-state index in [-0.39, 0.29) is 5.75 Å². The highest BCUT2D eigenvalue weighted by Gasteiger charge is 2.36. The highest BCUT2D eigenvalue weighted by atomic mass is 16.4. The zero-order valence-corrected chi connectivity index (χ0v) is 10.00. The first-order valence-corrected chi connectivity index (χ1v) is 5.63. The lowest BCUT2D eigenvalue weighted by Gasteiger charge is -2.26. The zero-order valence-electron chi connectivity index (χ0n) is 10.00. The maximum absolute atomic E-state index is 11.6. The van der Waals surface area contributed by atoms with Gasteiger partial charge in [-0.2, -0.15) is 0 Å². The quantitative estimate of drug-likeness (QED) is 0.870. The van der Waals surface area contributed by atoms with Crippen LogP contribution in [-0.2, 0) is 10.2 Å². The number of benzene rings is 2. The maximum atomic E-state index is 11.6. The average Bonchev–Trinajstić information content (AvgIpc) is 2.39. The first-order chi connectivity index (χ1) is 8.55. The number of rotatable bonds is 3. The number of phenols is 1. The molecule has 2 aromatic rings. The van der Waals surface area contributed by atoms with E-state index >= 15 is 0 Å². The Hall–Kier alpha value is -2.29. The predicted molar refractivity (Wildman–Crippen MR) is 68.6 cm³/mol. The number of phenolic OH excluding ortho intramolecular Hbond substituents is 1. The lowest BCUT2D eigenvalue weighted by atomic mass is 9.76. The Bertz CT molecular complexity index is 546. The van der Waals surface area contributed by atoms with Gasteiger partial charge in [0.2, 0.25) is 0 Å². The van der Waals surface area contributed by atoms with Gasteiger partial charge in [0.1, 0.15) is 11.2 Å². The zero-order chi connectivity index (χ0) is 13.2. The van der Waals surface area contributed by atoms with Gasteiger partial charge < -0.3 is 10.2 Å². The van der Waals surface area contributed by atoms with E-state index in [1.165, 1.54) is 12.1 Å². The molecule has 3 heteroatoms. The standard InChI is InChI=1S/C15H14O3/c1-15(14(17)18,11-5-3-2-4-6-11)12-7-9-13(16)10-8-12/h2-10,16H,1H3,(H,17,18)/t15-/m0/s1. The van der Waals surface area contributed by atoms with Crippen molar-refractivity contribution in [3.8, 4) is 5.75 Å². The molecule has 0 aromatic heterocycles. The number of carboxylic acid groups (broad SMARTS) is 1. The first-order valence-electron chi connectivity index (χ1n) is 5.63. The van der Waals surface area contributed by atoms with E-state index < -0.39 is 11.4 Å². The molecule has 2 rings (SSSR count). The van der Waals surface area contributed by atoms with Crippen molar-refractivity contribution in [1.82, 2.24) is 0 Å². The summed E-state index contributed by atoms with van der Waals surface area (Å²) in [6.45, 7) is 1.66. The summed E-state index contributed by atoms with van der Waals surface area (Å²) in [6, 6.07) is 15.3. The summed E-state index contributed by atoms with van der Waals surface area (Å²) in [6.07, 6.45) is 0. The van der Waals surface area contributed by atoms with E-state index in [1.807, 2.05) is 18.2 Å². The molecule has 0 bridgehead atoms. The van der Waals surface area contributed by atoms with Crippen molar-refractivity contribution in [2.24, 2.45) is 0 Å². The van der Waals surface area contributed by atoms with Crippen molar-refractivity contribution in [2.75, 3.05) is 0 Å². The third-order valence-corrected chi connectivity index (χ3v) is 3.22. The van der Waals surface area contributed by atoms with Gasteiger partial charge in [-0.25, -0.2) is 0 Å². The number of hydrogen-bond acceptors (Lipinski definition) is 2. The van der Waals surface area contributed by atoms with E-state index in [0.717, 1.165) is 0 Å². The third kappa shape index (κ3) is 1.95. The van der Waals surface area contributed by atoms with E-state index in [0.29, 0.717) is 11.1 Å². The van der Waals surface area contributed by atoms with Crippen molar-refractivity contribution in [1.29, 1.82) is 0 Å². The number of carboxylic acids is 1. The SMILES string of the molecule is C[C@](C(=O)O)(c1ccccc1)c1ccc(O)cc1. The molecule has 2 N–H and O–H groups in total. The minimum absolute atomic E-state index is 0.125. The predicted octanol–water partition coefficient (Wildman–Crippen LogP) is 2.78. The summed E-state index contributed by atoms with van der Waals surface area (Å²) in [4.78, 5) is 11.6. The fourth-order valence-corrected chi connectivity index (χ4v) is 1.98. The number of hydrogen-bond donors (Lipinski definition) is 2. The fourth-order valence-electron chi connectivity index (χ4n) is 1.98. The molecule has 0 aliphatic rings. The van der Waals surface area contributed by atoms with Crippen molar-refractivity contribution in [3.63, 3.8) is 0 Å². The van der Waals surface area contributed by atoms with Gasteiger partial charge in [0, 0.05) is 0 Å². The largest absolute Gasteiger partial charge is 0.508 e. The van der Waals surface area contributed by atoms with E-state index in [4.69, 9.17) is 0 Å². The molecule has 0 saturated carbocycles. The van der Waals surface area contributed by atoms with Crippen LogP contribution < -0.4 is 0 Å². The van der Waals surface area contributed by atoms with Gasteiger partial charge >= 0.3 is 5.97 Å². The topological polar surface area (TPSA) is 57.5 Å². The van der Waals surface area contributed by atoms with Crippen LogP contribution in [0.2, 0.25) is 0 Å². The highest BCUT2D eigenvalue weighted by molar-refractivity contribution is 5.85. The molecule has 0 fully saturated rings. The normalized spacial score (nSPS) is 13.8. The second kappa shape index (κ2) is 4.53. The molecule has 1 atom stereocenters. The lowest BCUT2D eigenvalue weighted by molar-refractivity contribution is -0.141. The van der Waals surface area contributed by atoms with Crippen LogP contribution in [0.4, 0.5) is 0 Å². The molecule has 92 valence electrons. The molecule has 18 heavy (non-hydrogen) atoms.